The minimum Gasteiger partial charge on any atom is -0.339 e. The number of piperidine rings is 1. The summed E-state index contributed by atoms with van der Waals surface area (Å²) in [4.78, 5) is 15.0. The van der Waals surface area contributed by atoms with Crippen LogP contribution in [0.5, 0.6) is 0 Å². The van der Waals surface area contributed by atoms with Gasteiger partial charge in [0.1, 0.15) is 5.82 Å². The number of anilines is 1. The Hall–Kier alpha value is -3.23. The van der Waals surface area contributed by atoms with Crippen LogP contribution in [0.15, 0.2) is 78.9 Å². The van der Waals surface area contributed by atoms with Crippen molar-refractivity contribution in [1.29, 1.82) is 0 Å². The van der Waals surface area contributed by atoms with Crippen LogP contribution in [-0.2, 0) is 23.2 Å². The highest BCUT2D eigenvalue weighted by molar-refractivity contribution is 7.90. The zero-order chi connectivity index (χ0) is 25.7. The lowest BCUT2D eigenvalue weighted by atomic mass is 9.90. The number of para-hydroxylation sites is 1. The summed E-state index contributed by atoms with van der Waals surface area (Å²) in [6, 6.07) is 23.1. The molecule has 0 aromatic heterocycles. The lowest BCUT2D eigenvalue weighted by Gasteiger charge is -2.32. The minimum atomic E-state index is -3.93. The normalized spacial score (nSPS) is 14.7. The summed E-state index contributed by atoms with van der Waals surface area (Å²) in [5, 5.41) is 0. The summed E-state index contributed by atoms with van der Waals surface area (Å²) in [5.74, 6) is -0.0705. The molecule has 8 heteroatoms. The highest BCUT2D eigenvalue weighted by atomic mass is 32.2. The molecule has 1 aliphatic rings. The maximum atomic E-state index is 14.5. The molecule has 0 aliphatic carbocycles. The molecular weight excluding hydrogens is 477 g/mol. The van der Waals surface area contributed by atoms with Gasteiger partial charge in [0.15, 0.2) is 0 Å². The molecule has 1 aliphatic heterocycles. The number of nitrogens with zero attached hydrogens (tertiary/aromatic N) is 3. The van der Waals surface area contributed by atoms with E-state index in [2.05, 4.69) is 24.3 Å². The van der Waals surface area contributed by atoms with Gasteiger partial charge in [-0.1, -0.05) is 54.6 Å². The summed E-state index contributed by atoms with van der Waals surface area (Å²) in [6.45, 7) is 1.39. The Kier molecular flexibility index (Phi) is 8.06. The van der Waals surface area contributed by atoms with Gasteiger partial charge in [0.25, 0.3) is 5.91 Å². The number of carbonyl (C=O) groups excluding carboxylic acids is 1. The molecule has 0 radical (unpaired) electrons. The maximum absolute atomic E-state index is 14.5. The third-order valence-electron chi connectivity index (χ3n) is 6.66. The molecule has 0 atom stereocenters. The molecule has 0 saturated carbocycles. The first-order chi connectivity index (χ1) is 17.3. The number of hydrogen-bond donors (Lipinski definition) is 0. The van der Waals surface area contributed by atoms with E-state index < -0.39 is 16.0 Å². The van der Waals surface area contributed by atoms with Crippen molar-refractivity contribution in [3.63, 3.8) is 0 Å². The molecule has 190 valence electrons. The second kappa shape index (κ2) is 11.2. The van der Waals surface area contributed by atoms with E-state index in [4.69, 9.17) is 0 Å². The van der Waals surface area contributed by atoms with E-state index in [1.54, 1.807) is 30.3 Å². The van der Waals surface area contributed by atoms with Crippen molar-refractivity contribution in [2.45, 2.75) is 25.8 Å². The number of rotatable bonds is 8. The average molecular weight is 510 g/mol. The summed E-state index contributed by atoms with van der Waals surface area (Å²) in [7, 11) is -1.11. The molecule has 0 unspecified atom stereocenters. The van der Waals surface area contributed by atoms with E-state index in [0.717, 1.165) is 41.0 Å². The Labute approximate surface area is 213 Å². The number of benzene rings is 3. The molecule has 3 aromatic rings. The van der Waals surface area contributed by atoms with Gasteiger partial charge in [-0.3, -0.25) is 9.10 Å². The van der Waals surface area contributed by atoms with Crippen LogP contribution < -0.4 is 4.31 Å². The molecule has 1 heterocycles. The third-order valence-corrected chi connectivity index (χ3v) is 8.46. The second-order valence-corrected chi connectivity index (χ2v) is 11.4. The van der Waals surface area contributed by atoms with Crippen LogP contribution in [0.1, 0.15) is 34.3 Å². The van der Waals surface area contributed by atoms with E-state index in [1.165, 1.54) is 37.9 Å². The molecular formula is C28H32FN3O3S. The number of carbonyl (C=O) groups is 1. The van der Waals surface area contributed by atoms with E-state index in [0.29, 0.717) is 17.0 Å². The summed E-state index contributed by atoms with van der Waals surface area (Å²) >= 11 is 0. The predicted octanol–water partition coefficient (Wildman–Crippen LogP) is 4.73. The van der Waals surface area contributed by atoms with E-state index in [1.807, 2.05) is 11.0 Å². The summed E-state index contributed by atoms with van der Waals surface area (Å²) < 4.78 is 42.5. The molecule has 1 saturated heterocycles. The standard InChI is InChI=1S/C28H32FN3O3S/c1-30(2)36(34,35)32(27-11-7-6-10-26(27)29)21-24-12-14-25(15-13-24)28(33)31-18-16-23(17-19-31)20-22-8-4-3-5-9-22/h3-15,23H,16-21H2,1-2H3. The van der Waals surface area contributed by atoms with Crippen molar-refractivity contribution in [2.24, 2.45) is 5.92 Å². The summed E-state index contributed by atoms with van der Waals surface area (Å²) in [5.41, 5.74) is 2.53. The molecule has 0 bridgehead atoms. The number of hydrogen-bond acceptors (Lipinski definition) is 3. The largest absolute Gasteiger partial charge is 0.339 e. The van der Waals surface area contributed by atoms with Gasteiger partial charge in [0, 0.05) is 32.7 Å². The van der Waals surface area contributed by atoms with Gasteiger partial charge in [0.05, 0.1) is 12.2 Å². The van der Waals surface area contributed by atoms with Crippen LogP contribution in [-0.4, -0.2) is 50.7 Å². The number of amides is 1. The van der Waals surface area contributed by atoms with Gasteiger partial charge in [0.2, 0.25) is 0 Å². The van der Waals surface area contributed by atoms with Crippen LogP contribution in [0.2, 0.25) is 0 Å². The molecule has 6 nitrogen and oxygen atoms in total. The van der Waals surface area contributed by atoms with Crippen molar-refractivity contribution in [1.82, 2.24) is 9.21 Å². The first-order valence-electron chi connectivity index (χ1n) is 12.1. The second-order valence-electron chi connectivity index (χ2n) is 9.37. The lowest BCUT2D eigenvalue weighted by Crippen LogP contribution is -2.40. The predicted molar refractivity (Wildman–Crippen MR) is 140 cm³/mol. The Bertz CT molecular complexity index is 1270. The van der Waals surface area contributed by atoms with Crippen molar-refractivity contribution in [3.05, 3.63) is 101 Å². The third kappa shape index (κ3) is 5.94. The first kappa shape index (κ1) is 25.9. The highest BCUT2D eigenvalue weighted by Crippen LogP contribution is 2.26. The van der Waals surface area contributed by atoms with Crippen LogP contribution >= 0.6 is 0 Å². The zero-order valence-corrected chi connectivity index (χ0v) is 21.5. The first-order valence-corrected chi connectivity index (χ1v) is 13.5. The van der Waals surface area contributed by atoms with E-state index in [9.17, 15) is 17.6 Å². The van der Waals surface area contributed by atoms with Gasteiger partial charge in [-0.15, -0.1) is 0 Å². The Morgan fingerprint density at radius 3 is 2.11 bits per heavy atom. The van der Waals surface area contributed by atoms with Gasteiger partial charge in [-0.05, 0) is 60.6 Å². The molecule has 0 N–H and O–H groups in total. The fourth-order valence-corrected chi connectivity index (χ4v) is 5.63. The van der Waals surface area contributed by atoms with Gasteiger partial charge in [-0.2, -0.15) is 12.7 Å². The summed E-state index contributed by atoms with van der Waals surface area (Å²) in [6.07, 6.45) is 2.98. The molecule has 1 fully saturated rings. The monoisotopic (exact) mass is 509 g/mol. The fourth-order valence-electron chi connectivity index (χ4n) is 4.53. The number of halogens is 1. The van der Waals surface area contributed by atoms with Crippen LogP contribution in [0.3, 0.4) is 0 Å². The fraction of sp³-hybridized carbons (Fsp3) is 0.321. The van der Waals surface area contributed by atoms with Gasteiger partial charge < -0.3 is 4.90 Å². The lowest BCUT2D eigenvalue weighted by molar-refractivity contribution is 0.0690. The maximum Gasteiger partial charge on any atom is 0.303 e. The molecule has 3 aromatic carbocycles. The van der Waals surface area contributed by atoms with Crippen LogP contribution in [0.25, 0.3) is 0 Å². The zero-order valence-electron chi connectivity index (χ0n) is 20.7. The van der Waals surface area contributed by atoms with Crippen molar-refractivity contribution < 1.29 is 17.6 Å². The molecule has 36 heavy (non-hydrogen) atoms. The Morgan fingerprint density at radius 1 is 0.889 bits per heavy atom. The molecule has 0 spiro atoms. The Morgan fingerprint density at radius 2 is 1.50 bits per heavy atom. The molecule has 4 rings (SSSR count). The van der Waals surface area contributed by atoms with Crippen LogP contribution in [0.4, 0.5) is 10.1 Å². The van der Waals surface area contributed by atoms with Crippen molar-refractivity contribution in [2.75, 3.05) is 31.5 Å². The van der Waals surface area contributed by atoms with Crippen LogP contribution in [0, 0.1) is 11.7 Å². The SMILES string of the molecule is CN(C)S(=O)(=O)N(Cc1ccc(C(=O)N2CCC(Cc3ccccc3)CC2)cc1)c1ccccc1F. The quantitative estimate of drug-likeness (QED) is 0.441. The highest BCUT2D eigenvalue weighted by Gasteiger charge is 2.28. The minimum absolute atomic E-state index is 0.0217. The van der Waals surface area contributed by atoms with Gasteiger partial charge >= 0.3 is 10.2 Å². The van der Waals surface area contributed by atoms with Crippen molar-refractivity contribution in [3.8, 4) is 0 Å². The van der Waals surface area contributed by atoms with Gasteiger partial charge in [-0.25, -0.2) is 4.39 Å². The van der Waals surface area contributed by atoms with Crippen molar-refractivity contribution >= 4 is 21.8 Å². The topological polar surface area (TPSA) is 60.9 Å². The van der Waals surface area contributed by atoms with E-state index >= 15 is 0 Å². The average Bonchev–Trinajstić information content (AvgIpc) is 2.89. The Balaban J connectivity index is 1.42. The smallest absolute Gasteiger partial charge is 0.303 e. The number of likely N-dealkylation sites (tertiary alicyclic amines) is 1. The molecule has 1 amide bonds. The van der Waals surface area contributed by atoms with E-state index in [-0.39, 0.29) is 18.1 Å².